The molecule has 1 unspecified atom stereocenters. The van der Waals surface area contributed by atoms with Crippen LogP contribution >= 0.6 is 0 Å². The molecule has 2 heterocycles. The number of amides is 1. The maximum absolute atomic E-state index is 12.8. The second-order valence-corrected chi connectivity index (χ2v) is 5.16. The Morgan fingerprint density at radius 2 is 2.04 bits per heavy atom. The molecule has 1 amide bonds. The van der Waals surface area contributed by atoms with Gasteiger partial charge >= 0.3 is 5.97 Å². The van der Waals surface area contributed by atoms with Gasteiger partial charge in [0.15, 0.2) is 11.9 Å². The highest BCUT2D eigenvalue weighted by Gasteiger charge is 2.25. The van der Waals surface area contributed by atoms with E-state index in [2.05, 4.69) is 20.8 Å². The summed E-state index contributed by atoms with van der Waals surface area (Å²) >= 11 is 0. The number of fused-ring (bicyclic) bond motifs is 1. The molecule has 8 heteroatoms. The van der Waals surface area contributed by atoms with Gasteiger partial charge in [-0.05, 0) is 31.2 Å². The number of nitrogens with zero attached hydrogens (tertiary/aromatic N) is 1. The third kappa shape index (κ3) is 3.21. The fraction of sp³-hybridized carbons (Fsp3) is 0.267. The molecule has 3 N–H and O–H groups in total. The number of benzene rings is 1. The van der Waals surface area contributed by atoms with E-state index in [0.29, 0.717) is 13.1 Å². The number of ether oxygens (including phenoxy) is 1. The molecule has 7 nitrogen and oxygen atoms in total. The summed E-state index contributed by atoms with van der Waals surface area (Å²) in [7, 11) is 0. The van der Waals surface area contributed by atoms with E-state index in [1.165, 1.54) is 31.2 Å². The minimum atomic E-state index is -0.846. The predicted molar refractivity (Wildman–Crippen MR) is 77.9 cm³/mol. The van der Waals surface area contributed by atoms with Crippen molar-refractivity contribution in [3.05, 3.63) is 52.6 Å². The smallest absolute Gasteiger partial charge is 0.361 e. The number of nitrogens with one attached hydrogen (secondary N) is 3. The molecule has 3 rings (SSSR count). The van der Waals surface area contributed by atoms with Crippen molar-refractivity contribution in [2.24, 2.45) is 0 Å². The fourth-order valence-corrected chi connectivity index (χ4v) is 2.33. The van der Waals surface area contributed by atoms with Gasteiger partial charge in [0.2, 0.25) is 0 Å². The Bertz CT molecular complexity index is 742. The number of H-pyrrole nitrogens is 1. The van der Waals surface area contributed by atoms with Gasteiger partial charge in [0.1, 0.15) is 5.82 Å². The second kappa shape index (κ2) is 6.17. The van der Waals surface area contributed by atoms with Crippen molar-refractivity contribution in [1.82, 2.24) is 20.8 Å². The van der Waals surface area contributed by atoms with Crippen molar-refractivity contribution >= 4 is 11.9 Å². The zero-order valence-electron chi connectivity index (χ0n) is 12.4. The fourth-order valence-electron chi connectivity index (χ4n) is 2.33. The highest BCUT2D eigenvalue weighted by atomic mass is 19.1. The zero-order chi connectivity index (χ0) is 16.4. The van der Waals surface area contributed by atoms with Crippen LogP contribution in [0.4, 0.5) is 4.39 Å². The second-order valence-electron chi connectivity index (χ2n) is 5.16. The van der Waals surface area contributed by atoms with Gasteiger partial charge in [-0.15, -0.1) is 0 Å². The lowest BCUT2D eigenvalue weighted by molar-refractivity contribution is 0.0256. The molecule has 1 aliphatic rings. The van der Waals surface area contributed by atoms with Gasteiger partial charge in [0, 0.05) is 24.2 Å². The molecule has 1 atom stereocenters. The molecule has 2 aromatic rings. The minimum absolute atomic E-state index is 0.216. The first-order chi connectivity index (χ1) is 11.0. The monoisotopic (exact) mass is 318 g/mol. The average Bonchev–Trinajstić information content (AvgIpc) is 3.10. The van der Waals surface area contributed by atoms with E-state index in [-0.39, 0.29) is 11.3 Å². The first-order valence-electron chi connectivity index (χ1n) is 7.09. The van der Waals surface area contributed by atoms with Crippen molar-refractivity contribution in [2.45, 2.75) is 26.2 Å². The number of esters is 1. The number of aromatic amines is 1. The molecule has 120 valence electrons. The lowest BCUT2D eigenvalue weighted by atomic mass is 10.2. The summed E-state index contributed by atoms with van der Waals surface area (Å²) in [5, 5.41) is 12.3. The Kier molecular flexibility index (Phi) is 4.07. The summed E-state index contributed by atoms with van der Waals surface area (Å²) in [6.07, 6.45) is -0.846. The third-order valence-corrected chi connectivity index (χ3v) is 3.47. The van der Waals surface area contributed by atoms with Gasteiger partial charge in [0.05, 0.1) is 5.69 Å². The van der Waals surface area contributed by atoms with E-state index in [1.807, 2.05) is 0 Å². The maximum Gasteiger partial charge on any atom is 0.361 e. The molecular weight excluding hydrogens is 303 g/mol. The number of carbonyl (C=O) groups is 2. The number of hydrogen-bond acceptors (Lipinski definition) is 5. The molecule has 1 aliphatic heterocycles. The summed E-state index contributed by atoms with van der Waals surface area (Å²) < 4.78 is 18.0. The third-order valence-electron chi connectivity index (χ3n) is 3.47. The Balaban J connectivity index is 1.60. The number of halogens is 1. The summed E-state index contributed by atoms with van der Waals surface area (Å²) in [6, 6.07) is 5.08. The molecule has 23 heavy (non-hydrogen) atoms. The SMILES string of the molecule is CC(NC(=O)c1ccc(F)cc1)OC(=O)c1n[nH]c2c1CNC2. The van der Waals surface area contributed by atoms with Gasteiger partial charge < -0.3 is 15.4 Å². The molecule has 0 saturated carbocycles. The van der Waals surface area contributed by atoms with Crippen molar-refractivity contribution in [1.29, 1.82) is 0 Å². The van der Waals surface area contributed by atoms with Gasteiger partial charge in [-0.2, -0.15) is 5.10 Å². The first kappa shape index (κ1) is 15.2. The topological polar surface area (TPSA) is 96.1 Å². The van der Waals surface area contributed by atoms with Gasteiger partial charge in [0.25, 0.3) is 5.91 Å². The summed E-state index contributed by atoms with van der Waals surface area (Å²) in [5.41, 5.74) is 2.14. The van der Waals surface area contributed by atoms with Gasteiger partial charge in [-0.3, -0.25) is 9.89 Å². The Morgan fingerprint density at radius 3 is 2.78 bits per heavy atom. The van der Waals surface area contributed by atoms with E-state index in [4.69, 9.17) is 4.74 Å². The minimum Gasteiger partial charge on any atom is -0.437 e. The van der Waals surface area contributed by atoms with Gasteiger partial charge in [-0.1, -0.05) is 0 Å². The molecule has 0 aliphatic carbocycles. The Hall–Kier alpha value is -2.74. The number of hydrogen-bond donors (Lipinski definition) is 3. The largest absolute Gasteiger partial charge is 0.437 e. The lowest BCUT2D eigenvalue weighted by Gasteiger charge is -2.14. The Morgan fingerprint density at radius 1 is 1.30 bits per heavy atom. The van der Waals surface area contributed by atoms with Gasteiger partial charge in [-0.25, -0.2) is 9.18 Å². The van der Waals surface area contributed by atoms with Crippen LogP contribution in [0.3, 0.4) is 0 Å². The van der Waals surface area contributed by atoms with Crippen LogP contribution in [0.2, 0.25) is 0 Å². The van der Waals surface area contributed by atoms with Crippen LogP contribution in [0.15, 0.2) is 24.3 Å². The predicted octanol–water partition coefficient (Wildman–Crippen LogP) is 1.08. The number of carbonyl (C=O) groups excluding carboxylic acids is 2. The highest BCUT2D eigenvalue weighted by Crippen LogP contribution is 2.17. The van der Waals surface area contributed by atoms with Crippen LogP contribution in [0.5, 0.6) is 0 Å². The highest BCUT2D eigenvalue weighted by molar-refractivity contribution is 5.94. The van der Waals surface area contributed by atoms with Crippen LogP contribution in [0.25, 0.3) is 0 Å². The molecule has 1 aromatic heterocycles. The van der Waals surface area contributed by atoms with E-state index in [0.717, 1.165) is 11.3 Å². The van der Waals surface area contributed by atoms with E-state index in [9.17, 15) is 14.0 Å². The number of rotatable bonds is 4. The van der Waals surface area contributed by atoms with Crippen LogP contribution in [0.1, 0.15) is 39.0 Å². The first-order valence-corrected chi connectivity index (χ1v) is 7.09. The normalized spacial score (nSPS) is 14.2. The molecule has 0 fully saturated rings. The van der Waals surface area contributed by atoms with Crippen molar-refractivity contribution < 1.29 is 18.7 Å². The van der Waals surface area contributed by atoms with Crippen LogP contribution < -0.4 is 10.6 Å². The molecule has 0 saturated heterocycles. The average molecular weight is 318 g/mol. The van der Waals surface area contributed by atoms with Crippen molar-refractivity contribution in [3.8, 4) is 0 Å². The summed E-state index contributed by atoms with van der Waals surface area (Å²) in [6.45, 7) is 2.71. The van der Waals surface area contributed by atoms with E-state index in [1.54, 1.807) is 0 Å². The molecule has 0 spiro atoms. The summed E-state index contributed by atoms with van der Waals surface area (Å²) in [4.78, 5) is 24.1. The van der Waals surface area contributed by atoms with Crippen molar-refractivity contribution in [3.63, 3.8) is 0 Å². The Labute approximate surface area is 131 Å². The summed E-state index contributed by atoms with van der Waals surface area (Å²) in [5.74, 6) is -1.50. The van der Waals surface area contributed by atoms with Crippen LogP contribution in [-0.2, 0) is 17.8 Å². The lowest BCUT2D eigenvalue weighted by Crippen LogP contribution is -2.36. The van der Waals surface area contributed by atoms with Crippen LogP contribution in [-0.4, -0.2) is 28.3 Å². The van der Waals surface area contributed by atoms with E-state index < -0.39 is 23.9 Å². The van der Waals surface area contributed by atoms with Crippen LogP contribution in [0, 0.1) is 5.82 Å². The molecule has 0 radical (unpaired) electrons. The molecule has 0 bridgehead atoms. The molecule has 1 aromatic carbocycles. The maximum atomic E-state index is 12.8. The number of aromatic nitrogens is 2. The van der Waals surface area contributed by atoms with E-state index >= 15 is 0 Å². The standard InChI is InChI=1S/C15H15FN4O3/c1-8(18-14(21)9-2-4-10(16)5-3-9)23-15(22)13-11-6-17-7-12(11)19-20-13/h2-5,8,17H,6-7H2,1H3,(H,18,21)(H,19,20). The quantitative estimate of drug-likeness (QED) is 0.579. The molecular formula is C15H15FN4O3. The van der Waals surface area contributed by atoms with Crippen molar-refractivity contribution in [2.75, 3.05) is 0 Å². The zero-order valence-corrected chi connectivity index (χ0v) is 12.4.